The summed E-state index contributed by atoms with van der Waals surface area (Å²) in [5.74, 6) is 0.0664. The highest BCUT2D eigenvalue weighted by Gasteiger charge is 2.51. The lowest BCUT2D eigenvalue weighted by Gasteiger charge is -2.17. The Morgan fingerprint density at radius 3 is 2.52 bits per heavy atom. The molecule has 2 aromatic rings. The topological polar surface area (TPSA) is 29.1 Å². The summed E-state index contributed by atoms with van der Waals surface area (Å²) in [7, 11) is 0. The van der Waals surface area contributed by atoms with Crippen molar-refractivity contribution < 1.29 is 4.79 Å². The van der Waals surface area contributed by atoms with Gasteiger partial charge < -0.3 is 5.32 Å². The number of hydrogen-bond acceptors (Lipinski definition) is 1. The van der Waals surface area contributed by atoms with Crippen LogP contribution in [0.4, 0.5) is 5.69 Å². The van der Waals surface area contributed by atoms with Gasteiger partial charge >= 0.3 is 0 Å². The predicted octanol–water partition coefficient (Wildman–Crippen LogP) is 4.63. The highest BCUT2D eigenvalue weighted by Crippen LogP contribution is 2.49. The molecule has 1 amide bonds. The van der Waals surface area contributed by atoms with Crippen molar-refractivity contribution >= 4 is 23.2 Å². The van der Waals surface area contributed by atoms with Gasteiger partial charge in [0.2, 0.25) is 5.91 Å². The van der Waals surface area contributed by atoms with Crippen molar-refractivity contribution in [1.29, 1.82) is 0 Å². The summed E-state index contributed by atoms with van der Waals surface area (Å²) >= 11 is 6.05. The molecule has 0 aromatic heterocycles. The molecule has 2 nitrogen and oxygen atoms in total. The van der Waals surface area contributed by atoms with Gasteiger partial charge in [0.05, 0.1) is 5.41 Å². The molecule has 21 heavy (non-hydrogen) atoms. The first-order valence-corrected chi connectivity index (χ1v) is 7.54. The summed E-state index contributed by atoms with van der Waals surface area (Å²) in [5.41, 5.74) is 3.78. The summed E-state index contributed by atoms with van der Waals surface area (Å²) in [4.78, 5) is 12.7. The number of nitrogens with one attached hydrogen (secondary N) is 1. The summed E-state index contributed by atoms with van der Waals surface area (Å²) in [6.07, 6.45) is 1.76. The summed E-state index contributed by atoms with van der Waals surface area (Å²) in [5, 5.41) is 3.75. The lowest BCUT2D eigenvalue weighted by atomic mass is 9.94. The number of halogens is 1. The van der Waals surface area contributed by atoms with Crippen molar-refractivity contribution in [2.75, 3.05) is 5.32 Å². The number of carbonyl (C=O) groups is 1. The van der Waals surface area contributed by atoms with Crippen LogP contribution in [0, 0.1) is 13.8 Å². The van der Waals surface area contributed by atoms with Crippen LogP contribution >= 0.6 is 11.6 Å². The van der Waals surface area contributed by atoms with Gasteiger partial charge in [0.15, 0.2) is 0 Å². The molecule has 0 saturated heterocycles. The maximum atomic E-state index is 12.7. The molecule has 0 aliphatic heterocycles. The summed E-state index contributed by atoms with van der Waals surface area (Å²) in [6, 6.07) is 13.7. The van der Waals surface area contributed by atoms with Crippen molar-refractivity contribution in [3.63, 3.8) is 0 Å². The van der Waals surface area contributed by atoms with E-state index in [0.717, 1.165) is 29.7 Å². The van der Waals surface area contributed by atoms with Gasteiger partial charge in [0.25, 0.3) is 0 Å². The van der Waals surface area contributed by atoms with Crippen LogP contribution in [-0.4, -0.2) is 5.91 Å². The van der Waals surface area contributed by atoms with Crippen LogP contribution in [0.5, 0.6) is 0 Å². The molecule has 108 valence electrons. The molecular weight excluding hydrogens is 282 g/mol. The number of aryl methyl sites for hydroxylation is 2. The Morgan fingerprint density at radius 2 is 1.90 bits per heavy atom. The van der Waals surface area contributed by atoms with Crippen molar-refractivity contribution in [3.05, 3.63) is 64.2 Å². The van der Waals surface area contributed by atoms with Crippen molar-refractivity contribution in [1.82, 2.24) is 0 Å². The molecule has 2 aromatic carbocycles. The summed E-state index contributed by atoms with van der Waals surface area (Å²) in [6.45, 7) is 4.06. The molecule has 1 fully saturated rings. The molecule has 1 saturated carbocycles. The predicted molar refractivity (Wildman–Crippen MR) is 86.9 cm³/mol. The number of carbonyl (C=O) groups excluding carboxylic acids is 1. The fourth-order valence-corrected chi connectivity index (χ4v) is 2.94. The van der Waals surface area contributed by atoms with Gasteiger partial charge in [-0.3, -0.25) is 4.79 Å². The number of amides is 1. The average molecular weight is 300 g/mol. The van der Waals surface area contributed by atoms with Gasteiger partial charge in [-0.15, -0.1) is 0 Å². The first-order chi connectivity index (χ1) is 10.0. The average Bonchev–Trinajstić information content (AvgIpc) is 3.23. The van der Waals surface area contributed by atoms with Crippen LogP contribution in [0.2, 0.25) is 5.02 Å². The number of anilines is 1. The molecule has 0 atom stereocenters. The molecule has 0 bridgehead atoms. The van der Waals surface area contributed by atoms with Crippen LogP contribution in [0.1, 0.15) is 29.5 Å². The van der Waals surface area contributed by atoms with E-state index in [1.807, 2.05) is 50.2 Å². The Morgan fingerprint density at radius 1 is 1.14 bits per heavy atom. The maximum Gasteiger partial charge on any atom is 0.235 e. The van der Waals surface area contributed by atoms with Crippen LogP contribution < -0.4 is 5.32 Å². The normalized spacial score (nSPS) is 15.6. The van der Waals surface area contributed by atoms with Crippen molar-refractivity contribution in [2.24, 2.45) is 0 Å². The first kappa shape index (κ1) is 14.2. The zero-order valence-corrected chi connectivity index (χ0v) is 13.0. The molecule has 0 unspecified atom stereocenters. The van der Waals surface area contributed by atoms with E-state index < -0.39 is 5.41 Å². The van der Waals surface area contributed by atoms with Gasteiger partial charge in [-0.05, 0) is 56.0 Å². The van der Waals surface area contributed by atoms with Crippen LogP contribution in [-0.2, 0) is 10.2 Å². The number of hydrogen-bond donors (Lipinski definition) is 1. The van der Waals surface area contributed by atoms with E-state index in [1.54, 1.807) is 0 Å². The standard InChI is InChI=1S/C18H18ClNO/c1-12-6-7-16(13(2)10-12)20-17(21)18(8-9-18)14-4-3-5-15(19)11-14/h3-7,10-11H,8-9H2,1-2H3,(H,20,21). The van der Waals surface area contributed by atoms with E-state index >= 15 is 0 Å². The molecule has 0 heterocycles. The third-order valence-corrected chi connectivity index (χ3v) is 4.43. The monoisotopic (exact) mass is 299 g/mol. The van der Waals surface area contributed by atoms with Crippen LogP contribution in [0.3, 0.4) is 0 Å². The molecule has 0 radical (unpaired) electrons. The maximum absolute atomic E-state index is 12.7. The molecule has 3 heteroatoms. The first-order valence-electron chi connectivity index (χ1n) is 7.16. The highest BCUT2D eigenvalue weighted by molar-refractivity contribution is 6.30. The second kappa shape index (κ2) is 5.19. The third-order valence-electron chi connectivity index (χ3n) is 4.19. The van der Waals surface area contributed by atoms with E-state index in [4.69, 9.17) is 11.6 Å². The largest absolute Gasteiger partial charge is 0.325 e. The van der Waals surface area contributed by atoms with E-state index in [9.17, 15) is 4.79 Å². The minimum Gasteiger partial charge on any atom is -0.325 e. The number of benzene rings is 2. The van der Waals surface area contributed by atoms with Crippen molar-refractivity contribution in [2.45, 2.75) is 32.1 Å². The fraction of sp³-hybridized carbons (Fsp3) is 0.278. The molecule has 0 spiro atoms. The second-order valence-electron chi connectivity index (χ2n) is 5.86. The molecule has 3 rings (SSSR count). The molecule has 1 aliphatic rings. The van der Waals surface area contributed by atoms with E-state index in [2.05, 4.69) is 11.4 Å². The molecule has 1 aliphatic carbocycles. The summed E-state index contributed by atoms with van der Waals surface area (Å²) < 4.78 is 0. The zero-order valence-electron chi connectivity index (χ0n) is 12.2. The van der Waals surface area contributed by atoms with E-state index in [0.29, 0.717) is 5.02 Å². The van der Waals surface area contributed by atoms with Gasteiger partial charge in [-0.25, -0.2) is 0 Å². The lowest BCUT2D eigenvalue weighted by molar-refractivity contribution is -0.118. The Labute approximate surface area is 130 Å². The molecular formula is C18H18ClNO. The second-order valence-corrected chi connectivity index (χ2v) is 6.30. The molecule has 1 N–H and O–H groups in total. The van der Waals surface area contributed by atoms with Gasteiger partial charge in [0.1, 0.15) is 0 Å². The van der Waals surface area contributed by atoms with Gasteiger partial charge in [0, 0.05) is 10.7 Å². The van der Waals surface area contributed by atoms with Gasteiger partial charge in [-0.2, -0.15) is 0 Å². The Bertz CT molecular complexity index is 704. The van der Waals surface area contributed by atoms with Crippen LogP contribution in [0.15, 0.2) is 42.5 Å². The minimum absolute atomic E-state index is 0.0664. The Hall–Kier alpha value is -1.80. The Kier molecular flexibility index (Phi) is 3.50. The highest BCUT2D eigenvalue weighted by atomic mass is 35.5. The van der Waals surface area contributed by atoms with Crippen LogP contribution in [0.25, 0.3) is 0 Å². The fourth-order valence-electron chi connectivity index (χ4n) is 2.75. The number of rotatable bonds is 3. The van der Waals surface area contributed by atoms with Gasteiger partial charge in [-0.1, -0.05) is 41.4 Å². The quantitative estimate of drug-likeness (QED) is 0.880. The SMILES string of the molecule is Cc1ccc(NC(=O)C2(c3cccc(Cl)c3)CC2)c(C)c1. The van der Waals surface area contributed by atoms with E-state index in [1.165, 1.54) is 5.56 Å². The third kappa shape index (κ3) is 2.68. The minimum atomic E-state index is -0.401. The Balaban J connectivity index is 1.85. The zero-order chi connectivity index (χ0) is 15.0. The smallest absolute Gasteiger partial charge is 0.235 e. The van der Waals surface area contributed by atoms with Crippen molar-refractivity contribution in [3.8, 4) is 0 Å². The lowest BCUT2D eigenvalue weighted by Crippen LogP contribution is -2.28. The van der Waals surface area contributed by atoms with E-state index in [-0.39, 0.29) is 5.91 Å².